The average Bonchev–Trinajstić information content (AvgIpc) is 2.77. The van der Waals surface area contributed by atoms with E-state index in [-0.39, 0.29) is 11.7 Å². The molecule has 0 saturated carbocycles. The Hall–Kier alpha value is -1.27. The minimum atomic E-state index is -0.323. The molecule has 6 heteroatoms. The number of aromatic nitrogens is 2. The van der Waals surface area contributed by atoms with Gasteiger partial charge >= 0.3 is 0 Å². The van der Waals surface area contributed by atoms with Gasteiger partial charge < -0.3 is 10.3 Å². The van der Waals surface area contributed by atoms with Crippen molar-refractivity contribution in [2.45, 2.75) is 12.8 Å². The standard InChI is InChI=1S/C11H11BrFN3O/c1-6(5-14)10-15-11(17-16-10)8-3-2-7(13)4-9(8)12/h2-4,6H,5,14H2,1H3. The Kier molecular flexibility index (Phi) is 3.54. The molecule has 1 aromatic carbocycles. The van der Waals surface area contributed by atoms with Crippen molar-refractivity contribution in [1.29, 1.82) is 0 Å². The van der Waals surface area contributed by atoms with Crippen LogP contribution in [-0.2, 0) is 0 Å². The van der Waals surface area contributed by atoms with Crippen molar-refractivity contribution in [3.05, 3.63) is 34.3 Å². The summed E-state index contributed by atoms with van der Waals surface area (Å²) in [5.41, 5.74) is 6.18. The lowest BCUT2D eigenvalue weighted by molar-refractivity contribution is 0.417. The highest BCUT2D eigenvalue weighted by Gasteiger charge is 2.15. The summed E-state index contributed by atoms with van der Waals surface area (Å²) < 4.78 is 18.6. The van der Waals surface area contributed by atoms with Gasteiger partial charge in [-0.3, -0.25) is 0 Å². The summed E-state index contributed by atoms with van der Waals surface area (Å²) in [6, 6.07) is 4.28. The molecule has 0 aliphatic heterocycles. The first-order valence-corrected chi connectivity index (χ1v) is 5.90. The van der Waals surface area contributed by atoms with Gasteiger partial charge in [-0.1, -0.05) is 12.1 Å². The van der Waals surface area contributed by atoms with Crippen LogP contribution in [0.15, 0.2) is 27.2 Å². The monoisotopic (exact) mass is 299 g/mol. The minimum Gasteiger partial charge on any atom is -0.334 e. The molecule has 1 heterocycles. The molecule has 2 aromatic rings. The summed E-state index contributed by atoms with van der Waals surface area (Å²) in [5.74, 6) is 0.619. The Labute approximate surface area is 106 Å². The summed E-state index contributed by atoms with van der Waals surface area (Å²) in [6.45, 7) is 2.36. The molecule has 0 amide bonds. The normalized spacial score (nSPS) is 12.7. The van der Waals surface area contributed by atoms with E-state index in [1.54, 1.807) is 6.07 Å². The molecule has 1 atom stereocenters. The zero-order chi connectivity index (χ0) is 12.4. The first-order valence-electron chi connectivity index (χ1n) is 5.11. The van der Waals surface area contributed by atoms with Crippen LogP contribution in [0.1, 0.15) is 18.7 Å². The number of nitrogens with zero attached hydrogens (tertiary/aromatic N) is 2. The average molecular weight is 300 g/mol. The maximum absolute atomic E-state index is 12.9. The van der Waals surface area contributed by atoms with Crippen molar-refractivity contribution in [1.82, 2.24) is 10.1 Å². The minimum absolute atomic E-state index is 0.0340. The van der Waals surface area contributed by atoms with E-state index in [0.717, 1.165) is 0 Å². The number of halogens is 2. The van der Waals surface area contributed by atoms with Crippen molar-refractivity contribution in [2.75, 3.05) is 6.54 Å². The van der Waals surface area contributed by atoms with E-state index in [1.165, 1.54) is 12.1 Å². The molecule has 2 rings (SSSR count). The van der Waals surface area contributed by atoms with E-state index >= 15 is 0 Å². The number of hydrogen-bond donors (Lipinski definition) is 1. The maximum Gasteiger partial charge on any atom is 0.259 e. The summed E-state index contributed by atoms with van der Waals surface area (Å²) in [7, 11) is 0. The lowest BCUT2D eigenvalue weighted by Crippen LogP contribution is -2.10. The largest absolute Gasteiger partial charge is 0.334 e. The van der Waals surface area contributed by atoms with E-state index in [1.807, 2.05) is 6.92 Å². The van der Waals surface area contributed by atoms with E-state index < -0.39 is 0 Å². The molecule has 1 aromatic heterocycles. The van der Waals surface area contributed by atoms with Gasteiger partial charge in [-0.15, -0.1) is 0 Å². The topological polar surface area (TPSA) is 64.9 Å². The second-order valence-corrected chi connectivity index (χ2v) is 4.57. The predicted molar refractivity (Wildman–Crippen MR) is 64.9 cm³/mol. The molecule has 0 aliphatic carbocycles. The SMILES string of the molecule is CC(CN)c1noc(-c2ccc(F)cc2Br)n1. The Bertz CT molecular complexity index is 529. The Morgan fingerprint density at radius 2 is 2.29 bits per heavy atom. The second-order valence-electron chi connectivity index (χ2n) is 3.72. The molecular weight excluding hydrogens is 289 g/mol. The van der Waals surface area contributed by atoms with E-state index in [0.29, 0.717) is 28.3 Å². The third kappa shape index (κ3) is 2.53. The molecule has 4 nitrogen and oxygen atoms in total. The molecule has 0 fully saturated rings. The lowest BCUT2D eigenvalue weighted by atomic mass is 10.2. The van der Waals surface area contributed by atoms with Crippen molar-refractivity contribution < 1.29 is 8.91 Å². The molecule has 90 valence electrons. The summed E-state index contributed by atoms with van der Waals surface area (Å²) in [6.07, 6.45) is 0. The van der Waals surface area contributed by atoms with Crippen LogP contribution in [-0.4, -0.2) is 16.7 Å². The lowest BCUT2D eigenvalue weighted by Gasteiger charge is -2.00. The van der Waals surface area contributed by atoms with E-state index in [2.05, 4.69) is 26.1 Å². The van der Waals surface area contributed by atoms with Crippen molar-refractivity contribution in [3.63, 3.8) is 0 Å². The van der Waals surface area contributed by atoms with Crippen molar-refractivity contribution >= 4 is 15.9 Å². The van der Waals surface area contributed by atoms with E-state index in [4.69, 9.17) is 10.3 Å². The van der Waals surface area contributed by atoms with Crippen LogP contribution in [0.4, 0.5) is 4.39 Å². The Morgan fingerprint density at radius 3 is 2.94 bits per heavy atom. The van der Waals surface area contributed by atoms with Crippen LogP contribution >= 0.6 is 15.9 Å². The molecule has 17 heavy (non-hydrogen) atoms. The van der Waals surface area contributed by atoms with Gasteiger partial charge in [-0.05, 0) is 34.1 Å². The van der Waals surface area contributed by atoms with Crippen LogP contribution < -0.4 is 5.73 Å². The third-order valence-electron chi connectivity index (χ3n) is 2.40. The first kappa shape index (κ1) is 12.2. The van der Waals surface area contributed by atoms with Gasteiger partial charge in [0.15, 0.2) is 5.82 Å². The summed E-state index contributed by atoms with van der Waals surface area (Å²) in [4.78, 5) is 4.23. The fraction of sp³-hybridized carbons (Fsp3) is 0.273. The number of benzene rings is 1. The van der Waals surface area contributed by atoms with Gasteiger partial charge in [0.25, 0.3) is 5.89 Å². The van der Waals surface area contributed by atoms with Gasteiger partial charge in [-0.2, -0.15) is 4.98 Å². The highest BCUT2D eigenvalue weighted by Crippen LogP contribution is 2.28. The fourth-order valence-electron chi connectivity index (χ4n) is 1.31. The molecule has 0 spiro atoms. The quantitative estimate of drug-likeness (QED) is 0.946. The fourth-order valence-corrected chi connectivity index (χ4v) is 1.83. The number of rotatable bonds is 3. The zero-order valence-corrected chi connectivity index (χ0v) is 10.7. The Balaban J connectivity index is 2.37. The van der Waals surface area contributed by atoms with Crippen LogP contribution in [0, 0.1) is 5.82 Å². The van der Waals surface area contributed by atoms with Crippen molar-refractivity contribution in [3.8, 4) is 11.5 Å². The smallest absolute Gasteiger partial charge is 0.259 e. The summed E-state index contributed by atoms with van der Waals surface area (Å²) in [5, 5.41) is 3.85. The first-order chi connectivity index (χ1) is 8.11. The van der Waals surface area contributed by atoms with Gasteiger partial charge in [0.1, 0.15) is 5.82 Å². The summed E-state index contributed by atoms with van der Waals surface area (Å²) >= 11 is 3.25. The second kappa shape index (κ2) is 4.93. The molecule has 0 aliphatic rings. The highest BCUT2D eigenvalue weighted by atomic mass is 79.9. The predicted octanol–water partition coefficient (Wildman–Crippen LogP) is 2.70. The van der Waals surface area contributed by atoms with Crippen LogP contribution in [0.2, 0.25) is 0 Å². The van der Waals surface area contributed by atoms with Gasteiger partial charge in [-0.25, -0.2) is 4.39 Å². The molecule has 0 bridgehead atoms. The zero-order valence-electron chi connectivity index (χ0n) is 9.15. The highest BCUT2D eigenvalue weighted by molar-refractivity contribution is 9.10. The van der Waals surface area contributed by atoms with Crippen LogP contribution in [0.25, 0.3) is 11.5 Å². The van der Waals surface area contributed by atoms with E-state index in [9.17, 15) is 4.39 Å². The maximum atomic E-state index is 12.9. The molecule has 0 saturated heterocycles. The number of nitrogens with two attached hydrogens (primary N) is 1. The van der Waals surface area contributed by atoms with Gasteiger partial charge in [0, 0.05) is 16.9 Å². The van der Waals surface area contributed by atoms with Crippen LogP contribution in [0.5, 0.6) is 0 Å². The molecule has 0 radical (unpaired) electrons. The third-order valence-corrected chi connectivity index (χ3v) is 3.05. The van der Waals surface area contributed by atoms with Gasteiger partial charge in [0.2, 0.25) is 0 Å². The van der Waals surface area contributed by atoms with Crippen LogP contribution in [0.3, 0.4) is 0 Å². The van der Waals surface area contributed by atoms with Crippen molar-refractivity contribution in [2.24, 2.45) is 5.73 Å². The molecule has 2 N–H and O–H groups in total. The Morgan fingerprint density at radius 1 is 1.53 bits per heavy atom. The molecule has 1 unspecified atom stereocenters. The molecular formula is C11H11BrFN3O. The van der Waals surface area contributed by atoms with Gasteiger partial charge in [0.05, 0.1) is 5.56 Å². The number of hydrogen-bond acceptors (Lipinski definition) is 4.